The van der Waals surface area contributed by atoms with Crippen LogP contribution in [0.5, 0.6) is 0 Å². The summed E-state index contributed by atoms with van der Waals surface area (Å²) in [5.41, 5.74) is 4.10. The fourth-order valence-corrected chi connectivity index (χ4v) is 5.81. The fourth-order valence-electron chi connectivity index (χ4n) is 5.81. The molecule has 5 atom stereocenters. The Morgan fingerprint density at radius 2 is 1.80 bits per heavy atom. The van der Waals surface area contributed by atoms with Crippen molar-refractivity contribution in [3.05, 3.63) is 100 Å². The normalized spacial score (nSPS) is 24.1. The maximum absolute atomic E-state index is 14.9. The van der Waals surface area contributed by atoms with Crippen LogP contribution in [0.3, 0.4) is 0 Å². The predicted octanol–water partition coefficient (Wildman–Crippen LogP) is 5.89. The average molecular weight is 477 g/mol. The van der Waals surface area contributed by atoms with Crippen molar-refractivity contribution in [2.24, 2.45) is 22.9 Å². The molecule has 5 rings (SSSR count). The van der Waals surface area contributed by atoms with Crippen molar-refractivity contribution in [1.82, 2.24) is 4.98 Å². The van der Waals surface area contributed by atoms with E-state index < -0.39 is 23.5 Å². The minimum atomic E-state index is -0.691. The van der Waals surface area contributed by atoms with Crippen LogP contribution in [0.15, 0.2) is 65.9 Å². The third-order valence-electron chi connectivity index (χ3n) is 7.63. The summed E-state index contributed by atoms with van der Waals surface area (Å²) in [6, 6.07) is 15.0. The number of hydrogen-bond acceptors (Lipinski definition) is 4. The van der Waals surface area contributed by atoms with Crippen molar-refractivity contribution in [3.63, 3.8) is 0 Å². The second kappa shape index (κ2) is 9.21. The summed E-state index contributed by atoms with van der Waals surface area (Å²) in [7, 11) is 0. The third kappa shape index (κ3) is 4.55. The molecule has 0 radical (unpaired) electrons. The Labute approximate surface area is 202 Å². The number of fused-ring (bicyclic) bond motifs is 1. The van der Waals surface area contributed by atoms with Gasteiger partial charge in [0.2, 0.25) is 0 Å². The zero-order chi connectivity index (χ0) is 24.7. The van der Waals surface area contributed by atoms with Crippen molar-refractivity contribution >= 4 is 11.7 Å². The first-order valence-electron chi connectivity index (χ1n) is 11.8. The lowest BCUT2D eigenvalue weighted by atomic mass is 9.83. The number of rotatable bonds is 7. The third-order valence-corrected chi connectivity index (χ3v) is 7.63. The quantitative estimate of drug-likeness (QED) is 0.253. The van der Waals surface area contributed by atoms with Crippen LogP contribution in [0, 0.1) is 36.3 Å². The monoisotopic (exact) mass is 476 g/mol. The molecule has 2 aliphatic carbocycles. The lowest BCUT2D eigenvalue weighted by molar-refractivity contribution is -0.139. The number of oxime groups is 1. The number of pyridine rings is 1. The molecule has 3 aromatic rings. The van der Waals surface area contributed by atoms with Crippen LogP contribution in [-0.2, 0) is 4.79 Å². The van der Waals surface area contributed by atoms with Crippen LogP contribution in [0.1, 0.15) is 59.0 Å². The van der Waals surface area contributed by atoms with E-state index in [0.717, 1.165) is 35.7 Å². The van der Waals surface area contributed by atoms with Gasteiger partial charge in [0.25, 0.3) is 0 Å². The second-order valence-electron chi connectivity index (χ2n) is 9.68. The van der Waals surface area contributed by atoms with Crippen LogP contribution in [0.4, 0.5) is 8.78 Å². The van der Waals surface area contributed by atoms with Crippen LogP contribution in [0.25, 0.3) is 0 Å². The molecule has 2 unspecified atom stereocenters. The highest BCUT2D eigenvalue weighted by Crippen LogP contribution is 2.62. The summed E-state index contributed by atoms with van der Waals surface area (Å²) in [5, 5.41) is 22.5. The summed E-state index contributed by atoms with van der Waals surface area (Å²) in [4.78, 5) is 15.4. The molecule has 2 saturated carbocycles. The first-order valence-corrected chi connectivity index (χ1v) is 11.8. The van der Waals surface area contributed by atoms with Crippen molar-refractivity contribution in [2.75, 3.05) is 0 Å². The van der Waals surface area contributed by atoms with Gasteiger partial charge in [-0.2, -0.15) is 0 Å². The predicted molar refractivity (Wildman–Crippen MR) is 127 cm³/mol. The summed E-state index contributed by atoms with van der Waals surface area (Å²) >= 11 is 0. The van der Waals surface area contributed by atoms with Crippen molar-refractivity contribution in [2.45, 2.75) is 38.0 Å². The van der Waals surface area contributed by atoms with E-state index in [-0.39, 0.29) is 24.2 Å². The lowest BCUT2D eigenvalue weighted by Crippen LogP contribution is -2.13. The Bertz CT molecular complexity index is 1280. The van der Waals surface area contributed by atoms with E-state index in [1.54, 1.807) is 18.3 Å². The first-order chi connectivity index (χ1) is 16.9. The van der Waals surface area contributed by atoms with E-state index >= 15 is 0 Å². The first kappa shape index (κ1) is 23.1. The van der Waals surface area contributed by atoms with Gasteiger partial charge in [-0.25, -0.2) is 8.78 Å². The number of hydrogen-bond donors (Lipinski definition) is 2. The van der Waals surface area contributed by atoms with Gasteiger partial charge < -0.3 is 10.3 Å². The van der Waals surface area contributed by atoms with Gasteiger partial charge in [0.15, 0.2) is 0 Å². The average Bonchev–Trinajstić information content (AvgIpc) is 3.35. The van der Waals surface area contributed by atoms with Crippen molar-refractivity contribution in [3.8, 4) is 0 Å². The molecular weight excluding hydrogens is 450 g/mol. The Kier molecular flexibility index (Phi) is 6.09. The number of aromatic nitrogens is 1. The van der Waals surface area contributed by atoms with E-state index in [1.165, 1.54) is 12.1 Å². The molecule has 2 aromatic carbocycles. The van der Waals surface area contributed by atoms with Gasteiger partial charge in [-0.05, 0) is 72.4 Å². The van der Waals surface area contributed by atoms with Crippen LogP contribution >= 0.6 is 0 Å². The van der Waals surface area contributed by atoms with Gasteiger partial charge in [0, 0.05) is 35.9 Å². The van der Waals surface area contributed by atoms with Crippen LogP contribution in [0.2, 0.25) is 0 Å². The molecule has 0 amide bonds. The Hall–Kier alpha value is -3.61. The van der Waals surface area contributed by atoms with E-state index in [2.05, 4.69) is 10.1 Å². The highest BCUT2D eigenvalue weighted by Gasteiger charge is 2.59. The number of aryl methyl sites for hydroxylation is 1. The zero-order valence-corrected chi connectivity index (χ0v) is 19.2. The van der Waals surface area contributed by atoms with E-state index in [1.807, 2.05) is 31.2 Å². The minimum absolute atomic E-state index is 0.190. The topological polar surface area (TPSA) is 82.8 Å². The molecule has 7 heteroatoms. The molecule has 5 nitrogen and oxygen atoms in total. The molecule has 0 aliphatic heterocycles. The van der Waals surface area contributed by atoms with E-state index in [0.29, 0.717) is 22.8 Å². The largest absolute Gasteiger partial charge is 0.481 e. The summed E-state index contributed by atoms with van der Waals surface area (Å²) in [6.07, 6.45) is 3.58. The molecule has 2 N–H and O–H groups in total. The molecule has 0 saturated heterocycles. The number of halogens is 2. The van der Waals surface area contributed by atoms with Gasteiger partial charge in [0.05, 0.1) is 11.6 Å². The number of benzene rings is 2. The molecule has 1 heterocycles. The second-order valence-corrected chi connectivity index (χ2v) is 9.68. The Morgan fingerprint density at radius 1 is 1.09 bits per heavy atom. The van der Waals surface area contributed by atoms with Gasteiger partial charge >= 0.3 is 5.97 Å². The maximum Gasteiger partial charge on any atom is 0.307 e. The van der Waals surface area contributed by atoms with Gasteiger partial charge in [-0.3, -0.25) is 9.78 Å². The van der Waals surface area contributed by atoms with Gasteiger partial charge in [-0.15, -0.1) is 0 Å². The highest BCUT2D eigenvalue weighted by atomic mass is 19.1. The number of carboxylic acid groups (broad SMARTS) is 1. The van der Waals surface area contributed by atoms with Crippen LogP contribution < -0.4 is 0 Å². The summed E-state index contributed by atoms with van der Waals surface area (Å²) < 4.78 is 28.5. The van der Waals surface area contributed by atoms with Crippen molar-refractivity contribution < 1.29 is 23.9 Å². The van der Waals surface area contributed by atoms with E-state index in [9.17, 15) is 23.9 Å². The van der Waals surface area contributed by atoms with Gasteiger partial charge in [0.1, 0.15) is 11.6 Å². The number of aliphatic carboxylic acids is 1. The standard InChI is InChI=1S/C28H26F2N2O3/c1-15-10-18(8-9-31-15)26(32-35)14-22(21-7-6-20(29)13-25(21)30)17-4-2-16(3-5-17)19-11-23-24(12-19)27(23)28(33)34/h2-10,13,19,22-24,27,35H,11-12,14H2,1H3,(H,33,34)/b32-26-/t19?,22-,23-,24+,27?/m1/s1. The summed E-state index contributed by atoms with van der Waals surface area (Å²) in [5.74, 6) is -1.83. The maximum atomic E-state index is 14.9. The smallest absolute Gasteiger partial charge is 0.307 e. The number of carboxylic acids is 1. The molecule has 2 fully saturated rings. The SMILES string of the molecule is Cc1cc(/C(C[C@H](c2ccc(C3C[C@@H]4C(C(=O)O)[C@@H]4C3)cc2)c2ccc(F)cc2F)=N\O)ccn1. The molecule has 0 spiro atoms. The zero-order valence-electron chi connectivity index (χ0n) is 19.2. The highest BCUT2D eigenvalue weighted by molar-refractivity contribution is 6.00. The minimum Gasteiger partial charge on any atom is -0.481 e. The van der Waals surface area contributed by atoms with Crippen LogP contribution in [-0.4, -0.2) is 27.0 Å². The number of carbonyl (C=O) groups is 1. The number of nitrogens with zero attached hydrogens (tertiary/aromatic N) is 2. The molecule has 0 bridgehead atoms. The van der Waals surface area contributed by atoms with Crippen molar-refractivity contribution in [1.29, 1.82) is 0 Å². The molecule has 2 aliphatic rings. The molecule has 35 heavy (non-hydrogen) atoms. The summed E-state index contributed by atoms with van der Waals surface area (Å²) in [6.45, 7) is 1.83. The molecule has 180 valence electrons. The Balaban J connectivity index is 1.43. The molecular formula is C28H26F2N2O3. The Morgan fingerprint density at radius 3 is 2.40 bits per heavy atom. The fraction of sp³-hybridized carbons (Fsp3) is 0.321. The molecule has 1 aromatic heterocycles. The lowest BCUT2D eigenvalue weighted by Gasteiger charge is -2.21. The van der Waals surface area contributed by atoms with Gasteiger partial charge in [-0.1, -0.05) is 35.5 Å². The van der Waals surface area contributed by atoms with E-state index in [4.69, 9.17) is 0 Å².